The van der Waals surface area contributed by atoms with E-state index in [1.54, 1.807) is 0 Å². The van der Waals surface area contributed by atoms with E-state index in [2.05, 4.69) is 4.74 Å². The van der Waals surface area contributed by atoms with Gasteiger partial charge in [-0.25, -0.2) is 8.42 Å². The van der Waals surface area contributed by atoms with E-state index in [1.807, 2.05) is 0 Å². The average Bonchev–Trinajstić information content (AvgIpc) is 1.94. The minimum absolute atomic E-state index is 0.0298. The average molecular weight is 176 g/mol. The number of hydrogen-bond donors (Lipinski definition) is 0. The summed E-state index contributed by atoms with van der Waals surface area (Å²) in [6.45, 7) is 0. The molecule has 0 aromatic heterocycles. The van der Waals surface area contributed by atoms with Gasteiger partial charge in [-0.15, -0.1) is 0 Å². The Morgan fingerprint density at radius 2 is 2.18 bits per heavy atom. The van der Waals surface area contributed by atoms with Gasteiger partial charge in [-0.05, 0) is 0 Å². The molecule has 5 heteroatoms. The van der Waals surface area contributed by atoms with Crippen molar-refractivity contribution in [2.75, 3.05) is 12.9 Å². The van der Waals surface area contributed by atoms with Crippen molar-refractivity contribution in [1.29, 1.82) is 0 Å². The second kappa shape index (κ2) is 2.65. The first kappa shape index (κ1) is 8.26. The Kier molecular flexibility index (Phi) is 1.99. The number of rotatable bonds is 1. The van der Waals surface area contributed by atoms with Crippen LogP contribution in [0.5, 0.6) is 0 Å². The molecule has 0 atom stereocenters. The van der Waals surface area contributed by atoms with Crippen molar-refractivity contribution in [3.63, 3.8) is 0 Å². The summed E-state index contributed by atoms with van der Waals surface area (Å²) in [7, 11) is -1.90. The van der Waals surface area contributed by atoms with E-state index in [4.69, 9.17) is 0 Å². The van der Waals surface area contributed by atoms with Crippen molar-refractivity contribution in [1.82, 2.24) is 0 Å². The van der Waals surface area contributed by atoms with E-state index in [1.165, 1.54) is 7.11 Å². The van der Waals surface area contributed by atoms with Crippen LogP contribution in [0.1, 0.15) is 6.42 Å². The number of methoxy groups -OCH3 is 1. The van der Waals surface area contributed by atoms with Crippen LogP contribution in [-0.4, -0.2) is 27.1 Å². The van der Waals surface area contributed by atoms with Crippen LogP contribution in [0, 0.1) is 0 Å². The number of sulfone groups is 1. The van der Waals surface area contributed by atoms with Gasteiger partial charge in [0.2, 0.25) is 0 Å². The van der Waals surface area contributed by atoms with Gasteiger partial charge in [-0.3, -0.25) is 4.79 Å². The molecular formula is C6H8O4S. The second-order valence-corrected chi connectivity index (χ2v) is 4.20. The predicted octanol–water partition coefficient (Wildman–Crippen LogP) is -0.138. The van der Waals surface area contributed by atoms with E-state index < -0.39 is 9.84 Å². The van der Waals surface area contributed by atoms with Crippen LogP contribution in [-0.2, 0) is 19.4 Å². The summed E-state index contributed by atoms with van der Waals surface area (Å²) in [4.78, 5) is 10.9. The van der Waals surface area contributed by atoms with E-state index in [9.17, 15) is 13.2 Å². The zero-order chi connectivity index (χ0) is 8.48. The molecule has 4 nitrogen and oxygen atoms in total. The Bertz CT molecular complexity index is 299. The first-order valence-electron chi connectivity index (χ1n) is 3.07. The van der Waals surface area contributed by atoms with Crippen molar-refractivity contribution in [3.8, 4) is 0 Å². The molecule has 1 rings (SSSR count). The van der Waals surface area contributed by atoms with E-state index in [-0.39, 0.29) is 23.7 Å². The highest BCUT2D eigenvalue weighted by molar-refractivity contribution is 7.94. The molecule has 1 aliphatic heterocycles. The maximum Gasteiger partial charge on any atom is 0.199 e. The molecule has 0 N–H and O–H groups in total. The largest absolute Gasteiger partial charge is 0.492 e. The molecule has 0 spiro atoms. The van der Waals surface area contributed by atoms with Crippen LogP contribution in [0.4, 0.5) is 0 Å². The van der Waals surface area contributed by atoms with Gasteiger partial charge < -0.3 is 4.74 Å². The van der Waals surface area contributed by atoms with Crippen molar-refractivity contribution in [3.05, 3.63) is 11.2 Å². The highest BCUT2D eigenvalue weighted by Crippen LogP contribution is 2.13. The third-order valence-electron chi connectivity index (χ3n) is 1.39. The first-order chi connectivity index (χ1) is 5.05. The van der Waals surface area contributed by atoms with Crippen molar-refractivity contribution < 1.29 is 17.9 Å². The van der Waals surface area contributed by atoms with Crippen LogP contribution >= 0.6 is 0 Å². The van der Waals surface area contributed by atoms with Crippen molar-refractivity contribution in [2.45, 2.75) is 6.42 Å². The van der Waals surface area contributed by atoms with E-state index >= 15 is 0 Å². The van der Waals surface area contributed by atoms with Gasteiger partial charge in [0.05, 0.1) is 18.3 Å². The van der Waals surface area contributed by atoms with Crippen LogP contribution in [0.15, 0.2) is 11.2 Å². The van der Waals surface area contributed by atoms with E-state index in [0.717, 1.165) is 5.41 Å². The molecule has 0 amide bonds. The Balaban J connectivity index is 3.05. The van der Waals surface area contributed by atoms with Gasteiger partial charge in [0, 0.05) is 6.42 Å². The number of allylic oxidation sites excluding steroid dienone is 1. The molecule has 0 aromatic carbocycles. The highest BCUT2D eigenvalue weighted by Gasteiger charge is 2.23. The quantitative estimate of drug-likeness (QED) is 0.558. The number of ketones is 1. The summed E-state index contributed by atoms with van der Waals surface area (Å²) >= 11 is 0. The van der Waals surface area contributed by atoms with E-state index in [0.29, 0.717) is 0 Å². The van der Waals surface area contributed by atoms with Crippen LogP contribution in [0.3, 0.4) is 0 Å². The fraction of sp³-hybridized carbons (Fsp3) is 0.500. The summed E-state index contributed by atoms with van der Waals surface area (Å²) in [5.74, 6) is -0.405. The highest BCUT2D eigenvalue weighted by atomic mass is 32.2. The summed E-state index contributed by atoms with van der Waals surface area (Å²) in [6, 6.07) is 0. The minimum atomic E-state index is -3.18. The van der Waals surface area contributed by atoms with Gasteiger partial charge in [0.1, 0.15) is 0 Å². The second-order valence-electron chi connectivity index (χ2n) is 2.23. The molecule has 0 unspecified atom stereocenters. The lowest BCUT2D eigenvalue weighted by atomic mass is 10.3. The fourth-order valence-corrected chi connectivity index (χ4v) is 1.95. The van der Waals surface area contributed by atoms with Crippen LogP contribution < -0.4 is 0 Å². The van der Waals surface area contributed by atoms with Crippen molar-refractivity contribution in [2.24, 2.45) is 0 Å². The Labute approximate surface area is 64.8 Å². The third-order valence-corrected chi connectivity index (χ3v) is 2.74. The first-order valence-corrected chi connectivity index (χ1v) is 4.78. The molecule has 1 heterocycles. The predicted molar refractivity (Wildman–Crippen MR) is 38.5 cm³/mol. The van der Waals surface area contributed by atoms with Crippen LogP contribution in [0.2, 0.25) is 0 Å². The van der Waals surface area contributed by atoms with Gasteiger partial charge in [-0.1, -0.05) is 0 Å². The molecular weight excluding hydrogens is 168 g/mol. The van der Waals surface area contributed by atoms with Crippen molar-refractivity contribution >= 4 is 15.6 Å². The van der Waals surface area contributed by atoms with Gasteiger partial charge >= 0.3 is 0 Å². The number of Topliss-reactive ketones (excluding diaryl/α,β-unsaturated/α-hetero) is 1. The zero-order valence-electron chi connectivity index (χ0n) is 6.03. The fourth-order valence-electron chi connectivity index (χ4n) is 0.808. The Morgan fingerprint density at radius 1 is 1.55 bits per heavy atom. The molecule has 0 saturated heterocycles. The lowest BCUT2D eigenvalue weighted by molar-refractivity contribution is -0.118. The molecule has 0 aromatic rings. The summed E-state index contributed by atoms with van der Waals surface area (Å²) in [6.07, 6.45) is 0.0298. The summed E-state index contributed by atoms with van der Waals surface area (Å²) in [5, 5.41) is 0.888. The molecule has 0 radical (unpaired) electrons. The Hall–Kier alpha value is -0.840. The molecule has 11 heavy (non-hydrogen) atoms. The topological polar surface area (TPSA) is 60.4 Å². The lowest BCUT2D eigenvalue weighted by Crippen LogP contribution is -2.18. The van der Waals surface area contributed by atoms with Gasteiger partial charge in [-0.2, -0.15) is 0 Å². The maximum atomic E-state index is 10.9. The summed E-state index contributed by atoms with van der Waals surface area (Å²) in [5.41, 5.74) is 0. The SMILES string of the molecule is COC1=CS(=O)(=O)CCC1=O. The number of ether oxygens (including phenoxy) is 1. The summed E-state index contributed by atoms with van der Waals surface area (Å²) < 4.78 is 26.3. The normalized spacial score (nSPS) is 22.6. The molecule has 62 valence electrons. The third kappa shape index (κ3) is 1.80. The number of hydrogen-bond acceptors (Lipinski definition) is 4. The lowest BCUT2D eigenvalue weighted by Gasteiger charge is -2.09. The maximum absolute atomic E-state index is 10.9. The van der Waals surface area contributed by atoms with Gasteiger partial charge in [0.15, 0.2) is 21.4 Å². The molecule has 1 aliphatic rings. The molecule has 0 aliphatic carbocycles. The Morgan fingerprint density at radius 3 is 2.64 bits per heavy atom. The molecule has 0 fully saturated rings. The van der Waals surface area contributed by atoms with Crippen LogP contribution in [0.25, 0.3) is 0 Å². The molecule has 0 saturated carbocycles. The molecule has 0 bridgehead atoms. The minimum Gasteiger partial charge on any atom is -0.492 e. The smallest absolute Gasteiger partial charge is 0.199 e. The standard InChI is InChI=1S/C6H8O4S/c1-10-6-4-11(8,9)3-2-5(6)7/h4H,2-3H2,1H3. The number of carbonyl (C=O) groups excluding carboxylic acids is 1. The monoisotopic (exact) mass is 176 g/mol. The number of carbonyl (C=O) groups is 1. The zero-order valence-corrected chi connectivity index (χ0v) is 6.85. The van der Waals surface area contributed by atoms with Gasteiger partial charge in [0.25, 0.3) is 0 Å².